The summed E-state index contributed by atoms with van der Waals surface area (Å²) in [4.78, 5) is 0. The van der Waals surface area contributed by atoms with Gasteiger partial charge >= 0.3 is 0 Å². The van der Waals surface area contributed by atoms with Gasteiger partial charge in [-0.15, -0.1) is 0 Å². The summed E-state index contributed by atoms with van der Waals surface area (Å²) in [7, 11) is 0. The summed E-state index contributed by atoms with van der Waals surface area (Å²) >= 11 is 0. The average Bonchev–Trinajstić information content (AvgIpc) is 2.82. The third-order valence-electron chi connectivity index (χ3n) is 7.47. The number of hydrogen-bond acceptors (Lipinski definition) is 0. The van der Waals surface area contributed by atoms with Gasteiger partial charge in [0, 0.05) is 0 Å². The van der Waals surface area contributed by atoms with Gasteiger partial charge in [0.05, 0.1) is 0 Å². The number of unbranched alkanes of at least 4 members (excludes halogenated alkanes) is 8. The first-order valence-electron chi connectivity index (χ1n) is 16.1. The van der Waals surface area contributed by atoms with Crippen LogP contribution >= 0.6 is 0 Å². The smallest absolute Gasteiger partial charge is 0.0285 e. The van der Waals surface area contributed by atoms with Crippen LogP contribution in [-0.4, -0.2) is 0 Å². The molecule has 0 saturated carbocycles. The molecule has 0 radical (unpaired) electrons. The predicted octanol–water partition coefficient (Wildman–Crippen LogP) is 13.6. The van der Waals surface area contributed by atoms with Crippen LogP contribution in [0.4, 0.5) is 0 Å². The van der Waals surface area contributed by atoms with Crippen molar-refractivity contribution in [1.29, 1.82) is 0 Å². The van der Waals surface area contributed by atoms with Gasteiger partial charge in [0.15, 0.2) is 0 Å². The summed E-state index contributed by atoms with van der Waals surface area (Å²) in [6.07, 6.45) is 32.8. The van der Waals surface area contributed by atoms with Crippen molar-refractivity contribution in [3.05, 3.63) is 70.9 Å². The van der Waals surface area contributed by atoms with Crippen LogP contribution in [-0.2, 0) is 0 Å². The summed E-state index contributed by atoms with van der Waals surface area (Å²) in [5, 5.41) is 0. The third kappa shape index (κ3) is 26.1. The van der Waals surface area contributed by atoms with E-state index >= 15 is 0 Å². The minimum atomic E-state index is 0.897. The fourth-order valence-corrected chi connectivity index (χ4v) is 5.06. The van der Waals surface area contributed by atoms with E-state index in [0.29, 0.717) is 0 Å². The maximum Gasteiger partial charge on any atom is -0.0285 e. The van der Waals surface area contributed by atoms with E-state index in [1.807, 2.05) is 0 Å². The number of hydrogen-bond donors (Lipinski definition) is 0. The molecule has 38 heavy (non-hydrogen) atoms. The molecule has 0 saturated heterocycles. The van der Waals surface area contributed by atoms with Crippen LogP contribution in [0.3, 0.4) is 0 Å². The van der Waals surface area contributed by atoms with Gasteiger partial charge < -0.3 is 0 Å². The maximum absolute atomic E-state index is 4.28. The van der Waals surface area contributed by atoms with Crippen LogP contribution < -0.4 is 0 Å². The van der Waals surface area contributed by atoms with Crippen molar-refractivity contribution in [2.75, 3.05) is 0 Å². The van der Waals surface area contributed by atoms with E-state index in [2.05, 4.69) is 85.9 Å². The Hall–Kier alpha value is -1.56. The zero-order valence-electron chi connectivity index (χ0n) is 27.0. The highest BCUT2D eigenvalue weighted by Crippen LogP contribution is 2.20. The van der Waals surface area contributed by atoms with E-state index in [0.717, 1.165) is 44.4 Å². The highest BCUT2D eigenvalue weighted by molar-refractivity contribution is 5.20. The van der Waals surface area contributed by atoms with E-state index < -0.39 is 0 Å². The molecule has 218 valence electrons. The standard InChI is InChI=1S/C38H66/c1-32(2)22-20-28-37(8)30-35(6)26-18-14-10-12-16-24-34(5)25-17-13-11-15-19-27-36(7)31-38(9)29-21-23-33(3)4/h22-23,30-31,34H,6-7,10-21,24-29H2,1-5,8-9H3/b37-30+,38-31+. The Morgan fingerprint density at radius 2 is 0.842 bits per heavy atom. The lowest BCUT2D eigenvalue weighted by molar-refractivity contribution is 0.432. The lowest BCUT2D eigenvalue weighted by Gasteiger charge is -2.11. The van der Waals surface area contributed by atoms with Gasteiger partial charge in [-0.25, -0.2) is 0 Å². The lowest BCUT2D eigenvalue weighted by atomic mass is 9.95. The van der Waals surface area contributed by atoms with E-state index in [1.165, 1.54) is 110 Å². The van der Waals surface area contributed by atoms with Crippen molar-refractivity contribution >= 4 is 0 Å². The number of allylic oxidation sites excluding steroid dienone is 10. The molecular formula is C38H66. The Morgan fingerprint density at radius 1 is 0.500 bits per heavy atom. The molecule has 0 heterocycles. The molecular weight excluding hydrogens is 456 g/mol. The van der Waals surface area contributed by atoms with Crippen LogP contribution in [0.1, 0.15) is 164 Å². The minimum absolute atomic E-state index is 0.897. The Bertz CT molecular complexity index is 679. The van der Waals surface area contributed by atoms with Gasteiger partial charge in [0.25, 0.3) is 0 Å². The predicted molar refractivity (Wildman–Crippen MR) is 177 cm³/mol. The van der Waals surface area contributed by atoms with Crippen LogP contribution in [0.25, 0.3) is 0 Å². The fraction of sp³-hybridized carbons (Fsp3) is 0.684. The molecule has 0 aromatic carbocycles. The summed E-state index contributed by atoms with van der Waals surface area (Å²) < 4.78 is 0. The molecule has 0 nitrogen and oxygen atoms in total. The molecule has 0 aliphatic carbocycles. The summed E-state index contributed by atoms with van der Waals surface area (Å²) in [6, 6.07) is 0. The van der Waals surface area contributed by atoms with Crippen molar-refractivity contribution in [2.24, 2.45) is 5.92 Å². The topological polar surface area (TPSA) is 0 Å². The zero-order chi connectivity index (χ0) is 28.6. The van der Waals surface area contributed by atoms with Crippen LogP contribution in [0.5, 0.6) is 0 Å². The second-order valence-electron chi connectivity index (χ2n) is 12.7. The van der Waals surface area contributed by atoms with Crippen molar-refractivity contribution in [3.63, 3.8) is 0 Å². The molecule has 0 spiro atoms. The van der Waals surface area contributed by atoms with Crippen molar-refractivity contribution in [1.82, 2.24) is 0 Å². The van der Waals surface area contributed by atoms with Crippen molar-refractivity contribution in [3.8, 4) is 0 Å². The molecule has 0 bridgehead atoms. The van der Waals surface area contributed by atoms with Crippen LogP contribution in [0.15, 0.2) is 70.9 Å². The van der Waals surface area contributed by atoms with Crippen LogP contribution in [0.2, 0.25) is 0 Å². The Morgan fingerprint density at radius 3 is 1.21 bits per heavy atom. The Kier molecular flexibility index (Phi) is 23.5. The average molecular weight is 523 g/mol. The lowest BCUT2D eigenvalue weighted by Crippen LogP contribution is -1.95. The first-order valence-corrected chi connectivity index (χ1v) is 16.1. The van der Waals surface area contributed by atoms with Gasteiger partial charge in [0.2, 0.25) is 0 Å². The van der Waals surface area contributed by atoms with Crippen molar-refractivity contribution < 1.29 is 0 Å². The SMILES string of the molecule is C=C(/C=C(\C)CCC=C(C)C)CCCCCCCC(C)CCCCCCCC(=C)/C=C(\C)CCC=C(C)C. The van der Waals surface area contributed by atoms with Gasteiger partial charge in [-0.3, -0.25) is 0 Å². The van der Waals surface area contributed by atoms with Crippen LogP contribution in [0, 0.1) is 5.92 Å². The Balaban J connectivity index is 3.64. The second-order valence-corrected chi connectivity index (χ2v) is 12.7. The van der Waals surface area contributed by atoms with E-state index in [1.54, 1.807) is 0 Å². The molecule has 0 N–H and O–H groups in total. The third-order valence-corrected chi connectivity index (χ3v) is 7.47. The molecule has 0 aromatic rings. The van der Waals surface area contributed by atoms with Crippen molar-refractivity contribution in [2.45, 2.75) is 164 Å². The number of rotatable bonds is 24. The highest BCUT2D eigenvalue weighted by atomic mass is 14.1. The molecule has 0 unspecified atom stereocenters. The second kappa shape index (κ2) is 24.5. The molecule has 0 fully saturated rings. The highest BCUT2D eigenvalue weighted by Gasteiger charge is 2.03. The summed E-state index contributed by atoms with van der Waals surface area (Å²) in [5.74, 6) is 0.897. The van der Waals surface area contributed by atoms with Gasteiger partial charge in [-0.2, -0.15) is 0 Å². The molecule has 0 heteroatoms. The molecule has 0 atom stereocenters. The van der Waals surface area contributed by atoms with E-state index in [4.69, 9.17) is 0 Å². The fourth-order valence-electron chi connectivity index (χ4n) is 5.06. The molecule has 0 aromatic heterocycles. The quantitative estimate of drug-likeness (QED) is 0.0671. The van der Waals surface area contributed by atoms with Gasteiger partial charge in [-0.05, 0) is 98.8 Å². The molecule has 0 amide bonds. The Labute approximate surface area is 240 Å². The monoisotopic (exact) mass is 523 g/mol. The first-order chi connectivity index (χ1) is 18.1. The minimum Gasteiger partial charge on any atom is -0.0958 e. The normalized spacial score (nSPS) is 12.1. The van der Waals surface area contributed by atoms with E-state index in [9.17, 15) is 0 Å². The summed E-state index contributed by atoms with van der Waals surface area (Å²) in [6.45, 7) is 24.2. The molecule has 0 aliphatic heterocycles. The largest absolute Gasteiger partial charge is 0.0958 e. The van der Waals surface area contributed by atoms with Gasteiger partial charge in [0.1, 0.15) is 0 Å². The first kappa shape index (κ1) is 36.4. The summed E-state index contributed by atoms with van der Waals surface area (Å²) in [5.41, 5.74) is 8.40. The molecule has 0 rings (SSSR count). The molecule has 0 aliphatic rings. The van der Waals surface area contributed by atoms with Gasteiger partial charge in [-0.1, -0.05) is 142 Å². The zero-order valence-corrected chi connectivity index (χ0v) is 27.0. The maximum atomic E-state index is 4.28. The van der Waals surface area contributed by atoms with E-state index in [-0.39, 0.29) is 0 Å².